The number of fused-ring (bicyclic) bond motifs is 1. The zero-order chi connectivity index (χ0) is 25.2. The van der Waals surface area contributed by atoms with E-state index >= 15 is 0 Å². The molecule has 2 amide bonds. The summed E-state index contributed by atoms with van der Waals surface area (Å²) in [6.45, 7) is 1.19. The van der Waals surface area contributed by atoms with Crippen LogP contribution in [0.15, 0.2) is 71.5 Å². The van der Waals surface area contributed by atoms with Gasteiger partial charge in [0.05, 0.1) is 13.3 Å². The second-order valence-corrected chi connectivity index (χ2v) is 9.63. The number of carbonyl (C=O) groups excluding carboxylic acids is 2. The van der Waals surface area contributed by atoms with Crippen LogP contribution in [0.4, 0.5) is 10.1 Å². The van der Waals surface area contributed by atoms with Crippen LogP contribution in [0.1, 0.15) is 45.2 Å². The van der Waals surface area contributed by atoms with E-state index in [2.05, 4.69) is 26.2 Å². The van der Waals surface area contributed by atoms with Gasteiger partial charge in [0.15, 0.2) is 11.6 Å². The van der Waals surface area contributed by atoms with Crippen LogP contribution in [0.3, 0.4) is 0 Å². The number of hydrogen-bond acceptors (Lipinski definition) is 4. The fourth-order valence-corrected chi connectivity index (χ4v) is 4.89. The largest absolute Gasteiger partial charge is 0.494 e. The first-order chi connectivity index (χ1) is 17.4. The van der Waals surface area contributed by atoms with Gasteiger partial charge < -0.3 is 15.0 Å². The van der Waals surface area contributed by atoms with Crippen molar-refractivity contribution in [1.29, 1.82) is 0 Å². The number of nitrogens with zero attached hydrogens (tertiary/aromatic N) is 3. The molecule has 0 saturated carbocycles. The van der Waals surface area contributed by atoms with Crippen LogP contribution in [0.5, 0.6) is 5.75 Å². The quantitative estimate of drug-likeness (QED) is 0.355. The van der Waals surface area contributed by atoms with Gasteiger partial charge in [-0.15, -0.1) is 0 Å². The molecule has 1 fully saturated rings. The highest BCUT2D eigenvalue weighted by molar-refractivity contribution is 9.10. The molecular formula is C27H24BrFN4O3. The molecule has 2 aromatic heterocycles. The molecule has 1 N–H and O–H groups in total. The zero-order valence-corrected chi connectivity index (χ0v) is 21.2. The van der Waals surface area contributed by atoms with Crippen LogP contribution < -0.4 is 10.1 Å². The number of aromatic nitrogens is 2. The molecular weight excluding hydrogens is 527 g/mol. The number of pyridine rings is 1. The van der Waals surface area contributed by atoms with E-state index in [0.29, 0.717) is 41.6 Å². The van der Waals surface area contributed by atoms with Gasteiger partial charge in [-0.05, 0) is 82.7 Å². The maximum atomic E-state index is 14.0. The van der Waals surface area contributed by atoms with Crippen LogP contribution in [-0.2, 0) is 0 Å². The van der Waals surface area contributed by atoms with Crippen molar-refractivity contribution in [2.24, 2.45) is 0 Å². The van der Waals surface area contributed by atoms with Crippen LogP contribution in [-0.4, -0.2) is 46.3 Å². The van der Waals surface area contributed by atoms with Crippen molar-refractivity contribution in [2.75, 3.05) is 25.5 Å². The maximum absolute atomic E-state index is 14.0. The minimum atomic E-state index is -0.542. The minimum absolute atomic E-state index is 0.122. The van der Waals surface area contributed by atoms with E-state index in [4.69, 9.17) is 4.74 Å². The van der Waals surface area contributed by atoms with E-state index in [1.807, 2.05) is 42.6 Å². The van der Waals surface area contributed by atoms with Gasteiger partial charge in [0.1, 0.15) is 11.3 Å². The van der Waals surface area contributed by atoms with Crippen molar-refractivity contribution in [3.63, 3.8) is 0 Å². The number of nitrogens with one attached hydrogen (secondary N) is 1. The van der Waals surface area contributed by atoms with Crippen molar-refractivity contribution in [2.45, 2.75) is 18.8 Å². The summed E-state index contributed by atoms with van der Waals surface area (Å²) in [6.07, 6.45) is 4.99. The molecule has 1 aliphatic rings. The van der Waals surface area contributed by atoms with E-state index in [1.54, 1.807) is 21.6 Å². The van der Waals surface area contributed by atoms with Gasteiger partial charge in [0, 0.05) is 35.0 Å². The zero-order valence-electron chi connectivity index (χ0n) is 19.6. The number of imidazole rings is 1. The molecule has 3 heterocycles. The molecule has 0 bridgehead atoms. The number of benzene rings is 2. The first-order valence-corrected chi connectivity index (χ1v) is 12.4. The van der Waals surface area contributed by atoms with Crippen molar-refractivity contribution >= 4 is 39.1 Å². The van der Waals surface area contributed by atoms with Gasteiger partial charge in [-0.1, -0.05) is 12.1 Å². The first-order valence-electron chi connectivity index (χ1n) is 11.6. The molecule has 0 aliphatic carbocycles. The normalized spacial score (nSPS) is 14.1. The van der Waals surface area contributed by atoms with Gasteiger partial charge >= 0.3 is 0 Å². The lowest BCUT2D eigenvalue weighted by Gasteiger charge is -2.32. The summed E-state index contributed by atoms with van der Waals surface area (Å²) < 4.78 is 21.5. The average molecular weight is 551 g/mol. The summed E-state index contributed by atoms with van der Waals surface area (Å²) in [5.41, 5.74) is 3.33. The molecule has 0 atom stereocenters. The van der Waals surface area contributed by atoms with E-state index in [1.165, 1.54) is 19.2 Å². The maximum Gasteiger partial charge on any atom is 0.274 e. The van der Waals surface area contributed by atoms with Crippen LogP contribution in [0.2, 0.25) is 0 Å². The Hall–Kier alpha value is -3.72. The smallest absolute Gasteiger partial charge is 0.274 e. The predicted octanol–water partition coefficient (Wildman–Crippen LogP) is 5.52. The Morgan fingerprint density at radius 1 is 1.08 bits per heavy atom. The first kappa shape index (κ1) is 24.0. The van der Waals surface area contributed by atoms with E-state index in [-0.39, 0.29) is 17.6 Å². The minimum Gasteiger partial charge on any atom is -0.494 e. The third kappa shape index (κ3) is 4.83. The second-order valence-electron chi connectivity index (χ2n) is 8.71. The van der Waals surface area contributed by atoms with Gasteiger partial charge in [0.2, 0.25) is 0 Å². The number of amides is 2. The summed E-state index contributed by atoms with van der Waals surface area (Å²) in [4.78, 5) is 31.7. The van der Waals surface area contributed by atoms with E-state index < -0.39 is 5.82 Å². The van der Waals surface area contributed by atoms with E-state index in [0.717, 1.165) is 22.9 Å². The van der Waals surface area contributed by atoms with Gasteiger partial charge in [-0.3, -0.25) is 14.0 Å². The summed E-state index contributed by atoms with van der Waals surface area (Å²) in [6, 6.07) is 15.8. The van der Waals surface area contributed by atoms with Crippen LogP contribution >= 0.6 is 15.9 Å². The molecule has 9 heteroatoms. The molecule has 2 aromatic carbocycles. The van der Waals surface area contributed by atoms with Gasteiger partial charge in [-0.25, -0.2) is 9.37 Å². The molecule has 184 valence electrons. The van der Waals surface area contributed by atoms with Gasteiger partial charge in [-0.2, -0.15) is 0 Å². The lowest BCUT2D eigenvalue weighted by Crippen LogP contribution is -2.38. The summed E-state index contributed by atoms with van der Waals surface area (Å²) in [5.74, 6) is -0.527. The Balaban J connectivity index is 1.19. The Kier molecular flexibility index (Phi) is 6.73. The molecule has 4 aromatic rings. The number of ether oxygens (including phenoxy) is 1. The molecule has 7 nitrogen and oxygen atoms in total. The number of likely N-dealkylation sites (tertiary alicyclic amines) is 1. The third-order valence-corrected chi connectivity index (χ3v) is 6.99. The molecule has 36 heavy (non-hydrogen) atoms. The second kappa shape index (κ2) is 10.1. The fraction of sp³-hybridized carbons (Fsp3) is 0.222. The van der Waals surface area contributed by atoms with Crippen molar-refractivity contribution in [3.8, 4) is 5.75 Å². The van der Waals surface area contributed by atoms with Crippen molar-refractivity contribution in [1.82, 2.24) is 14.3 Å². The number of carbonyl (C=O) groups is 2. The molecule has 5 rings (SSSR count). The summed E-state index contributed by atoms with van der Waals surface area (Å²) in [5, 5.41) is 2.93. The number of anilines is 1. The Bertz CT molecular complexity index is 1430. The van der Waals surface area contributed by atoms with Crippen LogP contribution in [0, 0.1) is 5.82 Å². The standard InChI is InChI=1S/C27H24BrFN4O3/c1-36-24-8-4-19(14-22(24)29)27(35)32-12-10-18(11-13-32)17-2-6-21(7-3-17)31-26(34)23-15-30-25-9-5-20(28)16-33(23)25/h2-9,14-16,18H,10-13H2,1H3,(H,31,34). The number of methoxy groups -OCH3 is 1. The lowest BCUT2D eigenvalue weighted by atomic mass is 9.89. The highest BCUT2D eigenvalue weighted by Crippen LogP contribution is 2.30. The Morgan fingerprint density at radius 2 is 1.83 bits per heavy atom. The fourth-order valence-electron chi connectivity index (χ4n) is 4.55. The highest BCUT2D eigenvalue weighted by atomic mass is 79.9. The number of hydrogen-bond donors (Lipinski definition) is 1. The molecule has 0 spiro atoms. The predicted molar refractivity (Wildman–Crippen MR) is 138 cm³/mol. The number of rotatable bonds is 5. The summed E-state index contributed by atoms with van der Waals surface area (Å²) in [7, 11) is 1.39. The molecule has 0 radical (unpaired) electrons. The molecule has 1 aliphatic heterocycles. The van der Waals surface area contributed by atoms with Crippen molar-refractivity contribution in [3.05, 3.63) is 94.1 Å². The monoisotopic (exact) mass is 550 g/mol. The highest BCUT2D eigenvalue weighted by Gasteiger charge is 2.25. The van der Waals surface area contributed by atoms with Crippen LogP contribution in [0.25, 0.3) is 5.65 Å². The number of piperidine rings is 1. The topological polar surface area (TPSA) is 75.9 Å². The number of halogens is 2. The lowest BCUT2D eigenvalue weighted by molar-refractivity contribution is 0.0712. The SMILES string of the molecule is COc1ccc(C(=O)N2CCC(c3ccc(NC(=O)c4cnc5ccc(Br)cn45)cc3)CC2)cc1F. The average Bonchev–Trinajstić information content (AvgIpc) is 3.32. The van der Waals surface area contributed by atoms with Gasteiger partial charge in [0.25, 0.3) is 11.8 Å². The summed E-state index contributed by atoms with van der Waals surface area (Å²) >= 11 is 3.42. The third-order valence-electron chi connectivity index (χ3n) is 6.52. The van der Waals surface area contributed by atoms with E-state index in [9.17, 15) is 14.0 Å². The molecule has 0 unspecified atom stereocenters. The Labute approximate surface area is 216 Å². The Morgan fingerprint density at radius 3 is 2.53 bits per heavy atom. The molecule has 1 saturated heterocycles. The van der Waals surface area contributed by atoms with Crippen molar-refractivity contribution < 1.29 is 18.7 Å².